The predicted molar refractivity (Wildman–Crippen MR) is 90.5 cm³/mol. The second kappa shape index (κ2) is 7.21. The van der Waals surface area contributed by atoms with Gasteiger partial charge in [0, 0.05) is 12.3 Å². The molecule has 24 heavy (non-hydrogen) atoms. The van der Waals surface area contributed by atoms with Gasteiger partial charge in [0.1, 0.15) is 12.0 Å². The lowest BCUT2D eigenvalue weighted by atomic mass is 10.1. The Morgan fingerprint density at radius 3 is 2.54 bits per heavy atom. The fraction of sp³-hybridized carbons (Fsp3) is 0.333. The fourth-order valence-corrected chi connectivity index (χ4v) is 2.36. The number of methoxy groups -OCH3 is 1. The van der Waals surface area contributed by atoms with E-state index in [4.69, 9.17) is 14.6 Å². The van der Waals surface area contributed by atoms with Crippen LogP contribution in [0, 0.1) is 13.8 Å². The second-order valence-electron chi connectivity index (χ2n) is 5.87. The Hall–Kier alpha value is -2.76. The maximum Gasteiger partial charge on any atom is 0.375 e. The first kappa shape index (κ1) is 17.6. The summed E-state index contributed by atoms with van der Waals surface area (Å²) in [5.41, 5.74) is 3.75. The number of nitrogens with zero attached hydrogens (tertiary/aromatic N) is 2. The van der Waals surface area contributed by atoms with Gasteiger partial charge in [-0.1, -0.05) is 19.9 Å². The number of aliphatic carboxylic acids is 1. The zero-order valence-corrected chi connectivity index (χ0v) is 14.5. The minimum Gasteiger partial charge on any atom is -0.500 e. The Morgan fingerprint density at radius 1 is 1.29 bits per heavy atom. The molecule has 1 aromatic heterocycles. The molecule has 0 saturated carbocycles. The molecule has 0 unspecified atom stereocenters. The molecule has 0 aliphatic heterocycles. The molecule has 0 spiro atoms. The number of ether oxygens (including phenoxy) is 2. The molecule has 0 saturated heterocycles. The molecular weight excluding hydrogens is 308 g/mol. The van der Waals surface area contributed by atoms with Gasteiger partial charge < -0.3 is 14.6 Å². The number of aryl methyl sites for hydroxylation is 2. The fourth-order valence-electron chi connectivity index (χ4n) is 2.36. The highest BCUT2D eigenvalue weighted by molar-refractivity contribution is 5.84. The van der Waals surface area contributed by atoms with Gasteiger partial charge in [-0.15, -0.1) is 0 Å². The van der Waals surface area contributed by atoms with E-state index in [-0.39, 0.29) is 5.76 Å². The quantitative estimate of drug-likeness (QED) is 0.647. The SMILES string of the molecule is CO/C=C(\Oc1cc(-n2cc(C)c(C(C)C)n2)ccc1C)C(=O)O. The van der Waals surface area contributed by atoms with Crippen LogP contribution in [-0.4, -0.2) is 28.0 Å². The Morgan fingerprint density at radius 2 is 2.00 bits per heavy atom. The van der Waals surface area contributed by atoms with E-state index >= 15 is 0 Å². The molecule has 1 aromatic carbocycles. The van der Waals surface area contributed by atoms with E-state index in [1.807, 2.05) is 32.2 Å². The van der Waals surface area contributed by atoms with Crippen molar-refractivity contribution in [1.82, 2.24) is 9.78 Å². The lowest BCUT2D eigenvalue weighted by Gasteiger charge is -2.11. The van der Waals surface area contributed by atoms with Crippen LogP contribution in [0.3, 0.4) is 0 Å². The molecule has 0 amide bonds. The molecule has 0 aliphatic carbocycles. The number of benzene rings is 1. The van der Waals surface area contributed by atoms with Crippen LogP contribution in [0.4, 0.5) is 0 Å². The topological polar surface area (TPSA) is 73.6 Å². The van der Waals surface area contributed by atoms with Crippen molar-refractivity contribution in [3.8, 4) is 11.4 Å². The van der Waals surface area contributed by atoms with Gasteiger partial charge in [0.2, 0.25) is 5.76 Å². The zero-order chi connectivity index (χ0) is 17.9. The van der Waals surface area contributed by atoms with Crippen molar-refractivity contribution >= 4 is 5.97 Å². The number of aromatic nitrogens is 2. The number of rotatable bonds is 6. The van der Waals surface area contributed by atoms with Crippen LogP contribution in [0.15, 0.2) is 36.4 Å². The first-order valence-corrected chi connectivity index (χ1v) is 7.64. The highest BCUT2D eigenvalue weighted by Crippen LogP contribution is 2.25. The van der Waals surface area contributed by atoms with Crippen molar-refractivity contribution in [3.05, 3.63) is 53.2 Å². The summed E-state index contributed by atoms with van der Waals surface area (Å²) < 4.78 is 12.0. The number of carbonyl (C=O) groups is 1. The van der Waals surface area contributed by atoms with Crippen LogP contribution in [0.2, 0.25) is 0 Å². The average Bonchev–Trinajstić information content (AvgIpc) is 2.90. The van der Waals surface area contributed by atoms with E-state index in [1.54, 1.807) is 10.7 Å². The number of hydrogen-bond donors (Lipinski definition) is 1. The Bertz CT molecular complexity index is 775. The van der Waals surface area contributed by atoms with Crippen molar-refractivity contribution in [2.75, 3.05) is 7.11 Å². The van der Waals surface area contributed by atoms with E-state index in [0.29, 0.717) is 11.7 Å². The molecule has 2 aromatic rings. The molecule has 128 valence electrons. The molecule has 0 aliphatic rings. The predicted octanol–water partition coefficient (Wildman–Crippen LogP) is 3.56. The Balaban J connectivity index is 2.40. The summed E-state index contributed by atoms with van der Waals surface area (Å²) in [5.74, 6) is -0.705. The summed E-state index contributed by atoms with van der Waals surface area (Å²) in [5, 5.41) is 13.8. The molecular formula is C18H22N2O4. The van der Waals surface area contributed by atoms with E-state index in [9.17, 15) is 4.79 Å². The third-order valence-electron chi connectivity index (χ3n) is 3.57. The largest absolute Gasteiger partial charge is 0.500 e. The van der Waals surface area contributed by atoms with Gasteiger partial charge in [0.25, 0.3) is 0 Å². The minimum absolute atomic E-state index is 0.280. The van der Waals surface area contributed by atoms with Crippen LogP contribution in [0.1, 0.15) is 36.6 Å². The van der Waals surface area contributed by atoms with Crippen LogP contribution < -0.4 is 4.74 Å². The first-order chi connectivity index (χ1) is 11.3. The van der Waals surface area contributed by atoms with Crippen LogP contribution >= 0.6 is 0 Å². The molecule has 0 bridgehead atoms. The van der Waals surface area contributed by atoms with E-state index in [2.05, 4.69) is 18.9 Å². The summed E-state index contributed by atoms with van der Waals surface area (Å²) in [6, 6.07) is 5.54. The first-order valence-electron chi connectivity index (χ1n) is 7.64. The Kier molecular flexibility index (Phi) is 5.28. The molecule has 0 atom stereocenters. The van der Waals surface area contributed by atoms with Gasteiger partial charge in [-0.05, 0) is 37.0 Å². The molecule has 6 nitrogen and oxygen atoms in total. The van der Waals surface area contributed by atoms with Gasteiger partial charge in [-0.25, -0.2) is 9.48 Å². The average molecular weight is 330 g/mol. The van der Waals surface area contributed by atoms with Crippen molar-refractivity contribution in [2.24, 2.45) is 0 Å². The maximum absolute atomic E-state index is 11.2. The minimum atomic E-state index is -1.20. The lowest BCUT2D eigenvalue weighted by molar-refractivity contribution is -0.135. The summed E-state index contributed by atoms with van der Waals surface area (Å²) in [7, 11) is 1.37. The van der Waals surface area contributed by atoms with Crippen LogP contribution in [-0.2, 0) is 9.53 Å². The molecule has 2 rings (SSSR count). The summed E-state index contributed by atoms with van der Waals surface area (Å²) in [4.78, 5) is 11.2. The number of carboxylic acids is 1. The van der Waals surface area contributed by atoms with Gasteiger partial charge in [0.05, 0.1) is 18.5 Å². The van der Waals surface area contributed by atoms with E-state index < -0.39 is 5.97 Å². The van der Waals surface area contributed by atoms with Crippen molar-refractivity contribution in [1.29, 1.82) is 0 Å². The monoisotopic (exact) mass is 330 g/mol. The third kappa shape index (κ3) is 3.76. The molecule has 0 radical (unpaired) electrons. The van der Waals surface area contributed by atoms with Gasteiger partial charge in [0.15, 0.2) is 0 Å². The highest BCUT2D eigenvalue weighted by atomic mass is 16.5. The zero-order valence-electron chi connectivity index (χ0n) is 14.5. The third-order valence-corrected chi connectivity index (χ3v) is 3.57. The van der Waals surface area contributed by atoms with Crippen LogP contribution in [0.5, 0.6) is 5.75 Å². The molecule has 6 heteroatoms. The van der Waals surface area contributed by atoms with E-state index in [1.165, 1.54) is 7.11 Å². The molecule has 1 heterocycles. The normalized spacial score (nSPS) is 11.7. The molecule has 1 N–H and O–H groups in total. The van der Waals surface area contributed by atoms with Crippen molar-refractivity contribution in [3.63, 3.8) is 0 Å². The summed E-state index contributed by atoms with van der Waals surface area (Å²) in [6.07, 6.45) is 3.01. The smallest absolute Gasteiger partial charge is 0.375 e. The lowest BCUT2D eigenvalue weighted by Crippen LogP contribution is -2.09. The van der Waals surface area contributed by atoms with Gasteiger partial charge in [-0.2, -0.15) is 5.10 Å². The van der Waals surface area contributed by atoms with Gasteiger partial charge in [-0.3, -0.25) is 0 Å². The highest BCUT2D eigenvalue weighted by Gasteiger charge is 2.15. The standard InChI is InChI=1S/C18H22N2O4/c1-11(2)17-13(4)9-20(19-17)14-7-6-12(3)15(8-14)24-16(10-23-5)18(21)22/h6-11H,1-5H3,(H,21,22)/b16-10-. The van der Waals surface area contributed by atoms with E-state index in [0.717, 1.165) is 28.8 Å². The van der Waals surface area contributed by atoms with Gasteiger partial charge >= 0.3 is 5.97 Å². The Labute approximate surface area is 141 Å². The number of carboxylic acid groups (broad SMARTS) is 1. The van der Waals surface area contributed by atoms with Crippen LogP contribution in [0.25, 0.3) is 5.69 Å². The van der Waals surface area contributed by atoms with Crippen molar-refractivity contribution < 1.29 is 19.4 Å². The van der Waals surface area contributed by atoms with Crippen molar-refractivity contribution in [2.45, 2.75) is 33.6 Å². The molecule has 0 fully saturated rings. The maximum atomic E-state index is 11.2. The summed E-state index contributed by atoms with van der Waals surface area (Å²) >= 11 is 0. The summed E-state index contributed by atoms with van der Waals surface area (Å²) in [6.45, 7) is 8.06. The second-order valence-corrected chi connectivity index (χ2v) is 5.87. The number of hydrogen-bond acceptors (Lipinski definition) is 4.